The number of esters is 1. The van der Waals surface area contributed by atoms with Crippen molar-refractivity contribution < 1.29 is 14.3 Å². The Bertz CT molecular complexity index is 614. The van der Waals surface area contributed by atoms with Gasteiger partial charge in [-0.2, -0.15) is 0 Å². The molecule has 0 fully saturated rings. The number of likely N-dealkylation sites (N-methyl/N-ethyl adjacent to an activating group) is 1. The number of hydrogen-bond acceptors (Lipinski definition) is 4. The van der Waals surface area contributed by atoms with Gasteiger partial charge in [-0.1, -0.05) is 24.3 Å². The lowest BCUT2D eigenvalue weighted by molar-refractivity contribution is -0.126. The van der Waals surface area contributed by atoms with Crippen LogP contribution in [0.25, 0.3) is 0 Å². The fourth-order valence-corrected chi connectivity index (χ4v) is 1.81. The smallest absolute Gasteiger partial charge is 0.357 e. The van der Waals surface area contributed by atoms with Gasteiger partial charge in [-0.3, -0.25) is 4.79 Å². The third-order valence-electron chi connectivity index (χ3n) is 2.98. The Morgan fingerprint density at radius 1 is 1.10 bits per heavy atom. The van der Waals surface area contributed by atoms with E-state index in [0.29, 0.717) is 0 Å². The molecule has 21 heavy (non-hydrogen) atoms. The molecule has 0 spiro atoms. The van der Waals surface area contributed by atoms with Crippen LogP contribution in [-0.2, 0) is 9.53 Å². The number of ether oxygens (including phenoxy) is 1. The van der Waals surface area contributed by atoms with Crippen molar-refractivity contribution in [3.63, 3.8) is 0 Å². The van der Waals surface area contributed by atoms with Gasteiger partial charge in [-0.05, 0) is 31.2 Å². The van der Waals surface area contributed by atoms with E-state index < -0.39 is 12.1 Å². The zero-order valence-corrected chi connectivity index (χ0v) is 11.9. The van der Waals surface area contributed by atoms with Crippen LogP contribution in [0.1, 0.15) is 17.4 Å². The van der Waals surface area contributed by atoms with Gasteiger partial charge in [-0.15, -0.1) is 0 Å². The van der Waals surface area contributed by atoms with Gasteiger partial charge in [-0.25, -0.2) is 9.78 Å². The van der Waals surface area contributed by atoms with Gasteiger partial charge in [0.05, 0.1) is 0 Å². The number of amides is 1. The van der Waals surface area contributed by atoms with Crippen LogP contribution in [0.3, 0.4) is 0 Å². The van der Waals surface area contributed by atoms with Gasteiger partial charge < -0.3 is 9.64 Å². The van der Waals surface area contributed by atoms with Gasteiger partial charge in [0.2, 0.25) is 0 Å². The third-order valence-corrected chi connectivity index (χ3v) is 2.98. The van der Waals surface area contributed by atoms with Crippen LogP contribution >= 0.6 is 0 Å². The predicted octanol–water partition coefficient (Wildman–Crippen LogP) is 2.29. The molecular formula is C16H16N2O3. The van der Waals surface area contributed by atoms with Crippen LogP contribution in [0, 0.1) is 0 Å². The van der Waals surface area contributed by atoms with Crippen molar-refractivity contribution in [2.45, 2.75) is 13.0 Å². The zero-order valence-electron chi connectivity index (χ0n) is 11.9. The summed E-state index contributed by atoms with van der Waals surface area (Å²) in [6, 6.07) is 14.1. The first-order valence-electron chi connectivity index (χ1n) is 6.54. The number of benzene rings is 1. The monoisotopic (exact) mass is 284 g/mol. The minimum atomic E-state index is -0.885. The summed E-state index contributed by atoms with van der Waals surface area (Å²) in [4.78, 5) is 29.5. The van der Waals surface area contributed by atoms with Gasteiger partial charge >= 0.3 is 5.97 Å². The van der Waals surface area contributed by atoms with Gasteiger partial charge in [0.25, 0.3) is 5.91 Å². The maximum absolute atomic E-state index is 12.2. The van der Waals surface area contributed by atoms with Gasteiger partial charge in [0, 0.05) is 18.9 Å². The maximum atomic E-state index is 12.2. The lowest BCUT2D eigenvalue weighted by atomic mass is 10.2. The molecule has 1 heterocycles. The molecule has 1 atom stereocenters. The molecule has 1 aromatic carbocycles. The molecule has 0 unspecified atom stereocenters. The average molecular weight is 284 g/mol. The summed E-state index contributed by atoms with van der Waals surface area (Å²) in [6.45, 7) is 1.54. The molecule has 0 saturated heterocycles. The van der Waals surface area contributed by atoms with Crippen molar-refractivity contribution in [2.24, 2.45) is 0 Å². The summed E-state index contributed by atoms with van der Waals surface area (Å²) in [7, 11) is 1.64. The van der Waals surface area contributed by atoms with E-state index in [9.17, 15) is 9.59 Å². The second-order valence-corrected chi connectivity index (χ2v) is 4.50. The molecule has 0 bridgehead atoms. The van der Waals surface area contributed by atoms with Crippen LogP contribution < -0.4 is 4.90 Å². The second-order valence-electron chi connectivity index (χ2n) is 4.50. The van der Waals surface area contributed by atoms with Crippen LogP contribution in [0.5, 0.6) is 0 Å². The van der Waals surface area contributed by atoms with Gasteiger partial charge in [0.15, 0.2) is 6.10 Å². The SMILES string of the molecule is C[C@@H](OC(=O)c1ccccn1)C(=O)N(C)c1ccccc1. The minimum absolute atomic E-state index is 0.180. The molecule has 0 aliphatic rings. The Morgan fingerprint density at radius 2 is 1.76 bits per heavy atom. The second kappa shape index (κ2) is 6.65. The third kappa shape index (κ3) is 3.66. The van der Waals surface area contributed by atoms with Crippen LogP contribution in [-0.4, -0.2) is 30.0 Å². The van der Waals surface area contributed by atoms with E-state index in [1.165, 1.54) is 11.1 Å². The standard InChI is InChI=1S/C16H16N2O3/c1-12(21-16(20)14-10-6-7-11-17-14)15(19)18(2)13-8-4-3-5-9-13/h3-12H,1-2H3/t12-/m1/s1. The number of aromatic nitrogens is 1. The lowest BCUT2D eigenvalue weighted by Crippen LogP contribution is -2.37. The molecule has 0 saturated carbocycles. The number of carbonyl (C=O) groups is 2. The minimum Gasteiger partial charge on any atom is -0.448 e. The molecule has 0 N–H and O–H groups in total. The Kier molecular flexibility index (Phi) is 4.66. The van der Waals surface area contributed by atoms with E-state index in [-0.39, 0.29) is 11.6 Å². The Labute approximate surface area is 123 Å². The number of nitrogens with zero attached hydrogens (tertiary/aromatic N) is 2. The highest BCUT2D eigenvalue weighted by Crippen LogP contribution is 2.13. The van der Waals surface area contributed by atoms with Crippen molar-refractivity contribution in [2.75, 3.05) is 11.9 Å². The first-order chi connectivity index (χ1) is 10.1. The molecule has 2 rings (SSSR count). The summed E-state index contributed by atoms with van der Waals surface area (Å²) in [5, 5.41) is 0. The van der Waals surface area contributed by atoms with E-state index in [4.69, 9.17) is 4.74 Å². The zero-order chi connectivity index (χ0) is 15.2. The molecule has 5 heteroatoms. The molecule has 5 nitrogen and oxygen atoms in total. The summed E-state index contributed by atoms with van der Waals surface area (Å²) in [5.74, 6) is -0.914. The highest BCUT2D eigenvalue weighted by molar-refractivity contribution is 5.98. The molecule has 0 radical (unpaired) electrons. The first kappa shape index (κ1) is 14.7. The summed E-state index contributed by atoms with van der Waals surface area (Å²) >= 11 is 0. The molecule has 1 aromatic heterocycles. The number of carbonyl (C=O) groups excluding carboxylic acids is 2. The van der Waals surface area contributed by atoms with Crippen molar-refractivity contribution in [3.8, 4) is 0 Å². The number of anilines is 1. The topological polar surface area (TPSA) is 59.5 Å². The van der Waals surface area contributed by atoms with Gasteiger partial charge in [0.1, 0.15) is 5.69 Å². The highest BCUT2D eigenvalue weighted by Gasteiger charge is 2.23. The van der Waals surface area contributed by atoms with Crippen molar-refractivity contribution in [1.29, 1.82) is 0 Å². The van der Waals surface area contributed by atoms with Crippen LogP contribution in [0.15, 0.2) is 54.7 Å². The average Bonchev–Trinajstić information content (AvgIpc) is 2.55. The van der Waals surface area contributed by atoms with E-state index in [1.807, 2.05) is 30.3 Å². The van der Waals surface area contributed by atoms with Crippen molar-refractivity contribution >= 4 is 17.6 Å². The highest BCUT2D eigenvalue weighted by atomic mass is 16.5. The molecule has 0 aliphatic carbocycles. The Balaban J connectivity index is 2.01. The molecule has 0 aliphatic heterocycles. The summed E-state index contributed by atoms with van der Waals surface area (Å²) < 4.78 is 5.15. The number of pyridine rings is 1. The maximum Gasteiger partial charge on any atom is 0.357 e. The molecule has 1 amide bonds. The fourth-order valence-electron chi connectivity index (χ4n) is 1.81. The van der Waals surface area contributed by atoms with E-state index in [0.717, 1.165) is 5.69 Å². The quantitative estimate of drug-likeness (QED) is 0.808. The first-order valence-corrected chi connectivity index (χ1v) is 6.54. The normalized spacial score (nSPS) is 11.5. The molecule has 2 aromatic rings. The van der Waals surface area contributed by atoms with E-state index in [2.05, 4.69) is 4.98 Å². The van der Waals surface area contributed by atoms with Crippen molar-refractivity contribution in [1.82, 2.24) is 4.98 Å². The van der Waals surface area contributed by atoms with Crippen molar-refractivity contribution in [3.05, 3.63) is 60.4 Å². The number of rotatable bonds is 4. The summed E-state index contributed by atoms with van der Waals surface area (Å²) in [6.07, 6.45) is 0.615. The Hall–Kier alpha value is -2.69. The molecule has 108 valence electrons. The fraction of sp³-hybridized carbons (Fsp3) is 0.188. The predicted molar refractivity (Wildman–Crippen MR) is 79.0 cm³/mol. The van der Waals surface area contributed by atoms with Crippen LogP contribution in [0.4, 0.5) is 5.69 Å². The van der Waals surface area contributed by atoms with E-state index in [1.54, 1.807) is 32.2 Å². The summed E-state index contributed by atoms with van der Waals surface area (Å²) in [5.41, 5.74) is 0.919. The lowest BCUT2D eigenvalue weighted by Gasteiger charge is -2.21. The number of para-hydroxylation sites is 1. The number of hydrogen-bond donors (Lipinski definition) is 0. The largest absolute Gasteiger partial charge is 0.448 e. The Morgan fingerprint density at radius 3 is 2.38 bits per heavy atom. The molecular weight excluding hydrogens is 268 g/mol. The van der Waals surface area contributed by atoms with Crippen LogP contribution in [0.2, 0.25) is 0 Å². The van der Waals surface area contributed by atoms with E-state index >= 15 is 0 Å².